The van der Waals surface area contributed by atoms with Crippen molar-refractivity contribution in [3.8, 4) is 5.75 Å². The summed E-state index contributed by atoms with van der Waals surface area (Å²) in [6.07, 6.45) is 1.02. The Kier molecular flexibility index (Phi) is 8.01. The molecule has 0 bridgehead atoms. The minimum atomic E-state index is -2.83. The van der Waals surface area contributed by atoms with Crippen molar-refractivity contribution < 1.29 is 18.3 Å². The Morgan fingerprint density at radius 3 is 2.56 bits per heavy atom. The van der Waals surface area contributed by atoms with Gasteiger partial charge in [-0.2, -0.15) is 8.78 Å². The Morgan fingerprint density at radius 2 is 1.88 bits per heavy atom. The van der Waals surface area contributed by atoms with Crippen LogP contribution in [0.25, 0.3) is 0 Å². The van der Waals surface area contributed by atoms with Gasteiger partial charge in [0, 0.05) is 23.6 Å². The normalized spacial score (nSPS) is 10.7. The Bertz CT molecular complexity index is 683. The largest absolute Gasteiger partial charge is 0.435 e. The first kappa shape index (κ1) is 19.5. The molecule has 25 heavy (non-hydrogen) atoms. The second-order valence-corrected chi connectivity index (χ2v) is 6.70. The maximum Gasteiger partial charge on any atom is 0.387 e. The van der Waals surface area contributed by atoms with Gasteiger partial charge in [0.25, 0.3) is 0 Å². The number of hydrogen-bond donors (Lipinski definition) is 1. The summed E-state index contributed by atoms with van der Waals surface area (Å²) in [5, 5.41) is 3.53. The van der Waals surface area contributed by atoms with Crippen molar-refractivity contribution in [2.24, 2.45) is 0 Å². The number of halogens is 3. The maximum absolute atomic E-state index is 12.1. The smallest absolute Gasteiger partial charge is 0.387 e. The van der Waals surface area contributed by atoms with Crippen LogP contribution in [0.1, 0.15) is 12.0 Å². The summed E-state index contributed by atoms with van der Waals surface area (Å²) in [7, 11) is 0. The van der Waals surface area contributed by atoms with Crippen LogP contribution in [0.2, 0.25) is 5.02 Å². The molecule has 0 spiro atoms. The molecule has 0 heterocycles. The van der Waals surface area contributed by atoms with Crippen molar-refractivity contribution in [1.82, 2.24) is 5.32 Å². The van der Waals surface area contributed by atoms with Crippen molar-refractivity contribution in [3.05, 3.63) is 59.1 Å². The third-order valence-electron chi connectivity index (χ3n) is 3.31. The van der Waals surface area contributed by atoms with E-state index in [9.17, 15) is 13.6 Å². The van der Waals surface area contributed by atoms with Gasteiger partial charge >= 0.3 is 6.61 Å². The molecule has 1 N–H and O–H groups in total. The third-order valence-corrected chi connectivity index (χ3v) is 4.82. The summed E-state index contributed by atoms with van der Waals surface area (Å²) in [6.45, 7) is -2.33. The Morgan fingerprint density at radius 1 is 1.16 bits per heavy atom. The third kappa shape index (κ3) is 7.32. The molecule has 2 rings (SSSR count). The monoisotopic (exact) mass is 385 g/mol. The molecule has 1 amide bonds. The van der Waals surface area contributed by atoms with Crippen LogP contribution in [-0.4, -0.2) is 24.8 Å². The Hall–Kier alpha value is -1.79. The average molecular weight is 386 g/mol. The van der Waals surface area contributed by atoms with Crippen molar-refractivity contribution in [3.63, 3.8) is 0 Å². The van der Waals surface area contributed by atoms with Crippen LogP contribution in [0.4, 0.5) is 8.78 Å². The highest BCUT2D eigenvalue weighted by Gasteiger charge is 2.05. The molecule has 0 saturated carbocycles. The van der Waals surface area contributed by atoms with E-state index in [1.807, 2.05) is 24.3 Å². The van der Waals surface area contributed by atoms with Gasteiger partial charge in [0.05, 0.1) is 5.02 Å². The lowest BCUT2D eigenvalue weighted by Gasteiger charge is -2.07. The summed E-state index contributed by atoms with van der Waals surface area (Å²) >= 11 is 7.60. The molecule has 2 aromatic carbocycles. The van der Waals surface area contributed by atoms with Crippen LogP contribution in [0.3, 0.4) is 0 Å². The van der Waals surface area contributed by atoms with Gasteiger partial charge in [0.1, 0.15) is 5.75 Å². The highest BCUT2D eigenvalue weighted by Crippen LogP contribution is 2.26. The number of thioether (sulfide) groups is 1. The van der Waals surface area contributed by atoms with Crippen LogP contribution in [-0.2, 0) is 11.2 Å². The fraction of sp³-hybridized carbons (Fsp3) is 0.278. The summed E-state index contributed by atoms with van der Waals surface area (Å²) in [6, 6.07) is 13.9. The summed E-state index contributed by atoms with van der Waals surface area (Å²) in [5.41, 5.74) is 0.937. The standard InChI is InChI=1S/C18H18ClF2NO2S/c19-15-3-1-2-4-16(15)25-12-10-17(23)22-11-9-13-5-7-14(8-6-13)24-18(20)21/h1-8,18H,9-12H2,(H,22,23). The summed E-state index contributed by atoms with van der Waals surface area (Å²) in [4.78, 5) is 12.8. The summed E-state index contributed by atoms with van der Waals surface area (Å²) in [5.74, 6) is 0.742. The van der Waals surface area contributed by atoms with E-state index in [4.69, 9.17) is 11.6 Å². The van der Waals surface area contributed by atoms with E-state index < -0.39 is 6.61 Å². The molecule has 7 heteroatoms. The van der Waals surface area contributed by atoms with Crippen LogP contribution in [0, 0.1) is 0 Å². The number of rotatable bonds is 9. The zero-order valence-electron chi connectivity index (χ0n) is 13.4. The van der Waals surface area contributed by atoms with Crippen LogP contribution in [0.15, 0.2) is 53.4 Å². The van der Waals surface area contributed by atoms with E-state index in [1.165, 1.54) is 12.1 Å². The fourth-order valence-corrected chi connectivity index (χ4v) is 3.28. The first-order valence-electron chi connectivity index (χ1n) is 7.72. The number of ether oxygens (including phenoxy) is 1. The lowest BCUT2D eigenvalue weighted by molar-refractivity contribution is -0.120. The molecule has 134 valence electrons. The van der Waals surface area contributed by atoms with Crippen molar-refractivity contribution >= 4 is 29.3 Å². The molecule has 2 aromatic rings. The van der Waals surface area contributed by atoms with Gasteiger partial charge in [-0.1, -0.05) is 35.9 Å². The van der Waals surface area contributed by atoms with E-state index in [0.717, 1.165) is 10.5 Å². The zero-order chi connectivity index (χ0) is 18.1. The van der Waals surface area contributed by atoms with Gasteiger partial charge < -0.3 is 10.1 Å². The van der Waals surface area contributed by atoms with Crippen molar-refractivity contribution in [2.45, 2.75) is 24.3 Å². The van der Waals surface area contributed by atoms with Gasteiger partial charge in [-0.3, -0.25) is 4.79 Å². The number of carbonyl (C=O) groups is 1. The molecular formula is C18H18ClF2NO2S. The van der Waals surface area contributed by atoms with E-state index in [-0.39, 0.29) is 11.7 Å². The fourth-order valence-electron chi connectivity index (χ4n) is 2.09. The number of amides is 1. The lowest BCUT2D eigenvalue weighted by atomic mass is 10.1. The number of benzene rings is 2. The highest BCUT2D eigenvalue weighted by atomic mass is 35.5. The molecule has 0 aromatic heterocycles. The number of alkyl halides is 2. The molecule has 3 nitrogen and oxygen atoms in total. The quantitative estimate of drug-likeness (QED) is 0.631. The zero-order valence-corrected chi connectivity index (χ0v) is 15.0. The second kappa shape index (κ2) is 10.3. The predicted molar refractivity (Wildman–Crippen MR) is 96.6 cm³/mol. The van der Waals surface area contributed by atoms with Gasteiger partial charge in [0.2, 0.25) is 5.91 Å². The van der Waals surface area contributed by atoms with Crippen molar-refractivity contribution in [1.29, 1.82) is 0 Å². The molecular weight excluding hydrogens is 368 g/mol. The first-order chi connectivity index (χ1) is 12.0. The predicted octanol–water partition coefficient (Wildman–Crippen LogP) is 4.78. The topological polar surface area (TPSA) is 38.3 Å². The number of carbonyl (C=O) groups excluding carboxylic acids is 1. The van der Waals surface area contributed by atoms with E-state index in [2.05, 4.69) is 10.1 Å². The first-order valence-corrected chi connectivity index (χ1v) is 9.09. The lowest BCUT2D eigenvalue weighted by Crippen LogP contribution is -2.25. The molecule has 0 aliphatic heterocycles. The Labute approximate surface area is 154 Å². The molecule has 0 saturated heterocycles. The van der Waals surface area contributed by atoms with Crippen LogP contribution in [0.5, 0.6) is 5.75 Å². The molecule has 0 aliphatic rings. The maximum atomic E-state index is 12.1. The van der Waals surface area contributed by atoms with Gasteiger partial charge in [0.15, 0.2) is 0 Å². The SMILES string of the molecule is O=C(CCSc1ccccc1Cl)NCCc1ccc(OC(F)F)cc1. The van der Waals surface area contributed by atoms with Crippen LogP contribution < -0.4 is 10.1 Å². The van der Waals surface area contributed by atoms with Crippen molar-refractivity contribution in [2.75, 3.05) is 12.3 Å². The van der Waals surface area contributed by atoms with E-state index >= 15 is 0 Å². The highest BCUT2D eigenvalue weighted by molar-refractivity contribution is 7.99. The van der Waals surface area contributed by atoms with E-state index in [0.29, 0.717) is 30.2 Å². The minimum absolute atomic E-state index is 0.0304. The van der Waals surface area contributed by atoms with Gasteiger partial charge in [-0.15, -0.1) is 11.8 Å². The summed E-state index contributed by atoms with van der Waals surface area (Å²) < 4.78 is 28.4. The molecule has 0 atom stereocenters. The van der Waals surface area contributed by atoms with Gasteiger partial charge in [-0.25, -0.2) is 0 Å². The number of hydrogen-bond acceptors (Lipinski definition) is 3. The average Bonchev–Trinajstić information content (AvgIpc) is 2.58. The molecule has 0 fully saturated rings. The molecule has 0 radical (unpaired) electrons. The second-order valence-electron chi connectivity index (χ2n) is 5.15. The molecule has 0 unspecified atom stereocenters. The molecule has 0 aliphatic carbocycles. The number of nitrogens with one attached hydrogen (secondary N) is 1. The Balaban J connectivity index is 1.64. The van der Waals surface area contributed by atoms with E-state index in [1.54, 1.807) is 23.9 Å². The van der Waals surface area contributed by atoms with Crippen LogP contribution >= 0.6 is 23.4 Å². The van der Waals surface area contributed by atoms with Gasteiger partial charge in [-0.05, 0) is 36.2 Å². The minimum Gasteiger partial charge on any atom is -0.435 e.